The Kier molecular flexibility index (Phi) is 3.22. The van der Waals surface area contributed by atoms with Crippen molar-refractivity contribution in [3.05, 3.63) is 24.3 Å². The molecule has 1 aliphatic rings. The highest BCUT2D eigenvalue weighted by Crippen LogP contribution is 2.25. The molecule has 0 saturated carbocycles. The summed E-state index contributed by atoms with van der Waals surface area (Å²) < 4.78 is 6.85. The Morgan fingerprint density at radius 2 is 2.41 bits per heavy atom. The molecule has 0 aliphatic carbocycles. The largest absolute Gasteiger partial charge is 0.374 e. The molecule has 2 aromatic rings. The van der Waals surface area contributed by atoms with Gasteiger partial charge in [0.05, 0.1) is 22.9 Å². The molecule has 1 atom stereocenters. The topological polar surface area (TPSA) is 46.2 Å². The van der Waals surface area contributed by atoms with Gasteiger partial charge in [-0.2, -0.15) is 0 Å². The molecule has 1 aromatic carbocycles. The van der Waals surface area contributed by atoms with Crippen LogP contribution < -0.4 is 10.6 Å². The highest BCUT2D eigenvalue weighted by molar-refractivity contribution is 7.22. The lowest BCUT2D eigenvalue weighted by atomic mass is 10.3. The Morgan fingerprint density at radius 1 is 1.47 bits per heavy atom. The molecule has 1 saturated heterocycles. The molecule has 90 valence electrons. The standard InChI is InChI=1S/C12H15N3OS/c1-2-4-11-10(3-1)15-12(17-11)14-8-9-7-13-5-6-16-9/h1-4,9,13H,5-8H2,(H,14,15). The average Bonchev–Trinajstić information content (AvgIpc) is 2.80. The Labute approximate surface area is 104 Å². The first-order valence-electron chi connectivity index (χ1n) is 5.83. The monoisotopic (exact) mass is 249 g/mol. The smallest absolute Gasteiger partial charge is 0.183 e. The van der Waals surface area contributed by atoms with Crippen molar-refractivity contribution in [2.45, 2.75) is 6.10 Å². The van der Waals surface area contributed by atoms with Gasteiger partial charge in [-0.15, -0.1) is 0 Å². The number of hydrogen-bond acceptors (Lipinski definition) is 5. The van der Waals surface area contributed by atoms with Crippen LogP contribution in [0.2, 0.25) is 0 Å². The van der Waals surface area contributed by atoms with Crippen LogP contribution in [0.25, 0.3) is 10.2 Å². The first kappa shape index (κ1) is 11.0. The molecule has 1 aliphatic heterocycles. The predicted molar refractivity (Wildman–Crippen MR) is 70.7 cm³/mol. The lowest BCUT2D eigenvalue weighted by Crippen LogP contribution is -2.42. The molecule has 2 heterocycles. The quantitative estimate of drug-likeness (QED) is 0.869. The fourth-order valence-corrected chi connectivity index (χ4v) is 2.77. The zero-order chi connectivity index (χ0) is 11.5. The van der Waals surface area contributed by atoms with Crippen LogP contribution in [0.3, 0.4) is 0 Å². The third-order valence-corrected chi connectivity index (χ3v) is 3.77. The molecule has 2 N–H and O–H groups in total. The minimum atomic E-state index is 0.246. The number of hydrogen-bond donors (Lipinski definition) is 2. The molecule has 0 bridgehead atoms. The van der Waals surface area contributed by atoms with Crippen molar-refractivity contribution >= 4 is 26.7 Å². The number of rotatable bonds is 3. The maximum atomic E-state index is 5.63. The number of fused-ring (bicyclic) bond motifs is 1. The maximum Gasteiger partial charge on any atom is 0.183 e. The third kappa shape index (κ3) is 2.57. The summed E-state index contributed by atoms with van der Waals surface area (Å²) in [6.45, 7) is 3.48. The molecule has 5 heteroatoms. The van der Waals surface area contributed by atoms with E-state index in [0.29, 0.717) is 0 Å². The second-order valence-electron chi connectivity index (χ2n) is 4.06. The minimum absolute atomic E-state index is 0.246. The van der Waals surface area contributed by atoms with Crippen LogP contribution in [-0.4, -0.2) is 37.3 Å². The van der Waals surface area contributed by atoms with Gasteiger partial charge >= 0.3 is 0 Å². The van der Waals surface area contributed by atoms with E-state index >= 15 is 0 Å². The number of nitrogens with zero attached hydrogens (tertiary/aromatic N) is 1. The van der Waals surface area contributed by atoms with Crippen LogP contribution in [-0.2, 0) is 4.74 Å². The first-order valence-corrected chi connectivity index (χ1v) is 6.65. The SMILES string of the molecule is c1ccc2sc(NCC3CNCCO3)nc2c1. The summed E-state index contributed by atoms with van der Waals surface area (Å²) in [5, 5.41) is 7.63. The van der Waals surface area contributed by atoms with E-state index in [0.717, 1.165) is 36.9 Å². The van der Waals surface area contributed by atoms with Gasteiger partial charge in [0, 0.05) is 19.6 Å². The fourth-order valence-electron chi connectivity index (χ4n) is 1.90. The normalized spacial score (nSPS) is 20.6. The van der Waals surface area contributed by atoms with Crippen molar-refractivity contribution in [1.29, 1.82) is 0 Å². The van der Waals surface area contributed by atoms with Crippen molar-refractivity contribution in [2.75, 3.05) is 31.6 Å². The Hall–Kier alpha value is -1.17. The van der Waals surface area contributed by atoms with Gasteiger partial charge in [-0.3, -0.25) is 0 Å². The van der Waals surface area contributed by atoms with E-state index in [4.69, 9.17) is 4.74 Å². The highest BCUT2D eigenvalue weighted by atomic mass is 32.1. The minimum Gasteiger partial charge on any atom is -0.374 e. The van der Waals surface area contributed by atoms with Gasteiger partial charge in [0.2, 0.25) is 0 Å². The Bertz CT molecular complexity index is 460. The molecule has 4 nitrogen and oxygen atoms in total. The molecule has 1 fully saturated rings. The van der Waals surface area contributed by atoms with Gasteiger partial charge in [0.25, 0.3) is 0 Å². The van der Waals surface area contributed by atoms with Crippen LogP contribution in [0.1, 0.15) is 0 Å². The van der Waals surface area contributed by atoms with Crippen LogP contribution in [0, 0.1) is 0 Å². The molecule has 0 spiro atoms. The number of aromatic nitrogens is 1. The van der Waals surface area contributed by atoms with Crippen molar-refractivity contribution in [3.8, 4) is 0 Å². The average molecular weight is 249 g/mol. The van der Waals surface area contributed by atoms with Crippen LogP contribution >= 0.6 is 11.3 Å². The number of ether oxygens (including phenoxy) is 1. The number of nitrogens with one attached hydrogen (secondary N) is 2. The molecule has 0 amide bonds. The molecular formula is C12H15N3OS. The van der Waals surface area contributed by atoms with E-state index in [1.807, 2.05) is 18.2 Å². The summed E-state index contributed by atoms with van der Waals surface area (Å²) in [5.41, 5.74) is 1.06. The summed E-state index contributed by atoms with van der Waals surface area (Å²) in [7, 11) is 0. The number of benzene rings is 1. The molecular weight excluding hydrogens is 234 g/mol. The summed E-state index contributed by atoms with van der Waals surface area (Å²) in [4.78, 5) is 4.53. The van der Waals surface area contributed by atoms with Crippen molar-refractivity contribution in [2.24, 2.45) is 0 Å². The summed E-state index contributed by atoms with van der Waals surface area (Å²) >= 11 is 1.69. The summed E-state index contributed by atoms with van der Waals surface area (Å²) in [6.07, 6.45) is 0.246. The second-order valence-corrected chi connectivity index (χ2v) is 5.10. The zero-order valence-corrected chi connectivity index (χ0v) is 10.3. The van der Waals surface area contributed by atoms with E-state index in [1.165, 1.54) is 4.70 Å². The number of morpholine rings is 1. The van der Waals surface area contributed by atoms with Crippen molar-refractivity contribution in [1.82, 2.24) is 10.3 Å². The van der Waals surface area contributed by atoms with Crippen LogP contribution in [0.4, 0.5) is 5.13 Å². The lowest BCUT2D eigenvalue weighted by Gasteiger charge is -2.23. The van der Waals surface area contributed by atoms with Crippen LogP contribution in [0.5, 0.6) is 0 Å². The van der Waals surface area contributed by atoms with Gasteiger partial charge in [0.15, 0.2) is 5.13 Å². The van der Waals surface area contributed by atoms with E-state index in [2.05, 4.69) is 21.7 Å². The molecule has 3 rings (SSSR count). The highest BCUT2D eigenvalue weighted by Gasteiger charge is 2.13. The molecule has 17 heavy (non-hydrogen) atoms. The van der Waals surface area contributed by atoms with Gasteiger partial charge in [-0.05, 0) is 12.1 Å². The third-order valence-electron chi connectivity index (χ3n) is 2.78. The number of anilines is 1. The molecule has 0 radical (unpaired) electrons. The molecule has 1 unspecified atom stereocenters. The van der Waals surface area contributed by atoms with E-state index in [9.17, 15) is 0 Å². The number of para-hydroxylation sites is 1. The lowest BCUT2D eigenvalue weighted by molar-refractivity contribution is 0.0372. The second kappa shape index (κ2) is 5.00. The number of thiazole rings is 1. The predicted octanol–water partition coefficient (Wildman–Crippen LogP) is 1.70. The van der Waals surface area contributed by atoms with Crippen LogP contribution in [0.15, 0.2) is 24.3 Å². The van der Waals surface area contributed by atoms with Gasteiger partial charge in [-0.25, -0.2) is 4.98 Å². The van der Waals surface area contributed by atoms with E-state index in [1.54, 1.807) is 11.3 Å². The Balaban J connectivity index is 1.64. The first-order chi connectivity index (χ1) is 8.42. The van der Waals surface area contributed by atoms with Crippen molar-refractivity contribution in [3.63, 3.8) is 0 Å². The van der Waals surface area contributed by atoms with Gasteiger partial charge in [-0.1, -0.05) is 23.5 Å². The molecule has 1 aromatic heterocycles. The van der Waals surface area contributed by atoms with Gasteiger partial charge < -0.3 is 15.4 Å². The summed E-state index contributed by atoms with van der Waals surface area (Å²) in [6, 6.07) is 8.19. The van der Waals surface area contributed by atoms with E-state index < -0.39 is 0 Å². The summed E-state index contributed by atoms with van der Waals surface area (Å²) in [5.74, 6) is 0. The zero-order valence-electron chi connectivity index (χ0n) is 9.48. The maximum absolute atomic E-state index is 5.63. The van der Waals surface area contributed by atoms with Crippen molar-refractivity contribution < 1.29 is 4.74 Å². The fraction of sp³-hybridized carbons (Fsp3) is 0.417. The van der Waals surface area contributed by atoms with Gasteiger partial charge in [0.1, 0.15) is 0 Å². The Morgan fingerprint density at radius 3 is 3.24 bits per heavy atom. The van der Waals surface area contributed by atoms with E-state index in [-0.39, 0.29) is 6.10 Å².